The van der Waals surface area contributed by atoms with Gasteiger partial charge in [0.15, 0.2) is 0 Å². The molecule has 1 rings (SSSR count). The zero-order valence-corrected chi connectivity index (χ0v) is 8.66. The van der Waals surface area contributed by atoms with Gasteiger partial charge < -0.3 is 10.4 Å². The van der Waals surface area contributed by atoms with Gasteiger partial charge in [-0.05, 0) is 24.7 Å². The molecule has 13 heavy (non-hydrogen) atoms. The highest BCUT2D eigenvalue weighted by Crippen LogP contribution is 2.17. The van der Waals surface area contributed by atoms with Crippen molar-refractivity contribution in [3.05, 3.63) is 12.2 Å². The van der Waals surface area contributed by atoms with Crippen molar-refractivity contribution in [1.29, 1.82) is 0 Å². The van der Waals surface area contributed by atoms with Crippen molar-refractivity contribution in [2.24, 2.45) is 11.8 Å². The third-order valence-electron chi connectivity index (χ3n) is 2.82. The number of aliphatic hydroxyl groups excluding tert-OH is 1. The lowest BCUT2D eigenvalue weighted by molar-refractivity contribution is 0.0883. The molecule has 0 saturated heterocycles. The monoisotopic (exact) mass is 183 g/mol. The fraction of sp³-hybridized carbons (Fsp3) is 0.818. The molecular weight excluding hydrogens is 162 g/mol. The second-order valence-electron chi connectivity index (χ2n) is 4.04. The highest BCUT2D eigenvalue weighted by atomic mass is 16.3. The highest BCUT2D eigenvalue weighted by Gasteiger charge is 2.19. The van der Waals surface area contributed by atoms with Gasteiger partial charge in [0.1, 0.15) is 0 Å². The van der Waals surface area contributed by atoms with E-state index < -0.39 is 0 Å². The Bertz CT molecular complexity index is 167. The second-order valence-corrected chi connectivity index (χ2v) is 4.04. The Morgan fingerprint density at radius 1 is 1.54 bits per heavy atom. The fourth-order valence-corrected chi connectivity index (χ4v) is 1.86. The van der Waals surface area contributed by atoms with Crippen LogP contribution in [0.3, 0.4) is 0 Å². The van der Waals surface area contributed by atoms with Gasteiger partial charge in [0, 0.05) is 13.1 Å². The number of aliphatic hydroxyl groups is 1. The summed E-state index contributed by atoms with van der Waals surface area (Å²) < 4.78 is 0. The lowest BCUT2D eigenvalue weighted by atomic mass is 9.92. The Hall–Kier alpha value is -0.340. The van der Waals surface area contributed by atoms with Gasteiger partial charge in [-0.2, -0.15) is 0 Å². The normalized spacial score (nSPS) is 36.4. The van der Waals surface area contributed by atoms with Gasteiger partial charge in [-0.1, -0.05) is 26.0 Å². The predicted octanol–water partition coefficient (Wildman–Crippen LogP) is 1.56. The van der Waals surface area contributed by atoms with E-state index in [1.165, 1.54) is 0 Å². The summed E-state index contributed by atoms with van der Waals surface area (Å²) in [5.74, 6) is 0.922. The van der Waals surface area contributed by atoms with Crippen LogP contribution in [0.15, 0.2) is 12.2 Å². The van der Waals surface area contributed by atoms with Crippen LogP contribution in [0, 0.1) is 11.8 Å². The van der Waals surface area contributed by atoms with Gasteiger partial charge >= 0.3 is 0 Å². The molecule has 0 bridgehead atoms. The van der Waals surface area contributed by atoms with Crippen molar-refractivity contribution in [3.8, 4) is 0 Å². The fourth-order valence-electron chi connectivity index (χ4n) is 1.86. The van der Waals surface area contributed by atoms with Crippen LogP contribution in [0.25, 0.3) is 0 Å². The Morgan fingerprint density at radius 2 is 2.31 bits per heavy atom. The van der Waals surface area contributed by atoms with Gasteiger partial charge in [0.25, 0.3) is 0 Å². The van der Waals surface area contributed by atoms with Gasteiger partial charge in [0.2, 0.25) is 0 Å². The summed E-state index contributed by atoms with van der Waals surface area (Å²) in [6.45, 7) is 6.19. The summed E-state index contributed by atoms with van der Waals surface area (Å²) >= 11 is 0. The molecule has 1 aliphatic rings. The third kappa shape index (κ3) is 3.49. The molecule has 3 atom stereocenters. The van der Waals surface area contributed by atoms with Gasteiger partial charge in [-0.15, -0.1) is 0 Å². The number of hydrogen-bond donors (Lipinski definition) is 2. The van der Waals surface area contributed by atoms with E-state index >= 15 is 0 Å². The van der Waals surface area contributed by atoms with E-state index in [2.05, 4.69) is 31.3 Å². The van der Waals surface area contributed by atoms with Crippen LogP contribution in [0.1, 0.15) is 26.7 Å². The molecule has 2 heteroatoms. The zero-order chi connectivity index (χ0) is 9.68. The Morgan fingerprint density at radius 3 is 3.00 bits per heavy atom. The Balaban J connectivity index is 2.53. The quantitative estimate of drug-likeness (QED) is 0.605. The van der Waals surface area contributed by atoms with Crippen molar-refractivity contribution in [3.63, 3.8) is 0 Å². The second kappa shape index (κ2) is 5.40. The van der Waals surface area contributed by atoms with E-state index in [4.69, 9.17) is 0 Å². The van der Waals surface area contributed by atoms with Crippen LogP contribution in [-0.4, -0.2) is 24.3 Å². The first-order valence-corrected chi connectivity index (χ1v) is 5.29. The van der Waals surface area contributed by atoms with E-state index in [0.29, 0.717) is 11.8 Å². The molecule has 76 valence electrons. The summed E-state index contributed by atoms with van der Waals surface area (Å²) in [6, 6.07) is 0. The average Bonchev–Trinajstić information content (AvgIpc) is 2.16. The zero-order valence-electron chi connectivity index (χ0n) is 8.66. The Labute approximate surface area is 81.0 Å². The smallest absolute Gasteiger partial charge is 0.0585 e. The van der Waals surface area contributed by atoms with E-state index in [1.54, 1.807) is 0 Å². The summed E-state index contributed by atoms with van der Waals surface area (Å²) in [5, 5.41) is 13.2. The van der Waals surface area contributed by atoms with Crippen LogP contribution < -0.4 is 5.32 Å². The van der Waals surface area contributed by atoms with Gasteiger partial charge in [0.05, 0.1) is 6.10 Å². The molecule has 0 radical (unpaired) electrons. The van der Waals surface area contributed by atoms with E-state index in [1.807, 2.05) is 0 Å². The molecule has 0 saturated carbocycles. The summed E-state index contributed by atoms with van der Waals surface area (Å²) in [6.07, 6.45) is 6.16. The van der Waals surface area contributed by atoms with Crippen molar-refractivity contribution in [2.45, 2.75) is 32.8 Å². The molecule has 0 aliphatic carbocycles. The molecule has 1 heterocycles. The van der Waals surface area contributed by atoms with Crippen LogP contribution in [0.5, 0.6) is 0 Å². The Kier molecular flexibility index (Phi) is 4.46. The average molecular weight is 183 g/mol. The van der Waals surface area contributed by atoms with Crippen LogP contribution in [-0.2, 0) is 0 Å². The maximum absolute atomic E-state index is 9.90. The molecule has 0 fully saturated rings. The number of rotatable bonds is 1. The number of nitrogens with one attached hydrogen (secondary N) is 1. The van der Waals surface area contributed by atoms with E-state index in [-0.39, 0.29) is 6.10 Å². The highest BCUT2D eigenvalue weighted by molar-refractivity contribution is 4.91. The largest absolute Gasteiger partial charge is 0.393 e. The summed E-state index contributed by atoms with van der Waals surface area (Å²) in [7, 11) is 0. The first kappa shape index (κ1) is 10.7. The van der Waals surface area contributed by atoms with Gasteiger partial charge in [-0.3, -0.25) is 0 Å². The van der Waals surface area contributed by atoms with Crippen LogP contribution in [0.4, 0.5) is 0 Å². The minimum atomic E-state index is -0.143. The maximum Gasteiger partial charge on any atom is 0.0585 e. The molecule has 0 aromatic rings. The number of hydrogen-bond acceptors (Lipinski definition) is 2. The first-order chi connectivity index (χ1) is 6.24. The molecule has 0 spiro atoms. The minimum Gasteiger partial charge on any atom is -0.393 e. The summed E-state index contributed by atoms with van der Waals surface area (Å²) in [5.41, 5.74) is 0. The molecule has 2 nitrogen and oxygen atoms in total. The van der Waals surface area contributed by atoms with Crippen LogP contribution in [0.2, 0.25) is 0 Å². The lowest BCUT2D eigenvalue weighted by Crippen LogP contribution is -2.31. The molecule has 2 N–H and O–H groups in total. The van der Waals surface area contributed by atoms with Crippen molar-refractivity contribution < 1.29 is 5.11 Å². The molecule has 1 aliphatic heterocycles. The molecule has 3 unspecified atom stereocenters. The predicted molar refractivity (Wildman–Crippen MR) is 55.6 cm³/mol. The summed E-state index contributed by atoms with van der Waals surface area (Å²) in [4.78, 5) is 0. The SMILES string of the molecule is CCC1CNCC=CC(C)CC1O. The van der Waals surface area contributed by atoms with Crippen molar-refractivity contribution in [1.82, 2.24) is 5.32 Å². The van der Waals surface area contributed by atoms with Crippen molar-refractivity contribution >= 4 is 0 Å². The maximum atomic E-state index is 9.90. The topological polar surface area (TPSA) is 32.3 Å². The molecule has 0 amide bonds. The van der Waals surface area contributed by atoms with Crippen molar-refractivity contribution in [2.75, 3.05) is 13.1 Å². The van der Waals surface area contributed by atoms with E-state index in [9.17, 15) is 5.11 Å². The van der Waals surface area contributed by atoms with E-state index in [0.717, 1.165) is 25.9 Å². The first-order valence-electron chi connectivity index (χ1n) is 5.29. The number of allylic oxidation sites excluding steroid dienone is 1. The molecule has 0 aromatic carbocycles. The van der Waals surface area contributed by atoms with Crippen LogP contribution >= 0.6 is 0 Å². The van der Waals surface area contributed by atoms with Gasteiger partial charge in [-0.25, -0.2) is 0 Å². The standard InChI is InChI=1S/C11H21NO/c1-3-10-8-12-6-4-5-9(2)7-11(10)13/h4-5,9-13H,3,6-8H2,1-2H3. The molecule has 0 aromatic heterocycles. The minimum absolute atomic E-state index is 0.143. The lowest BCUT2D eigenvalue weighted by Gasteiger charge is -2.22. The third-order valence-corrected chi connectivity index (χ3v) is 2.82. The molecular formula is C11H21NO.